The Morgan fingerprint density at radius 2 is 1.88 bits per heavy atom. The lowest BCUT2D eigenvalue weighted by Gasteiger charge is -2.12. The standard InChI is InChI=1S/C19H14Cl2N2O2/c1-25-19-14-9-22-17(12-4-2-3-5-15(12)21)13-8-10(20)6-7-11(13)16(14)18(24)23-19/h2-8,23-24H,9H2,1H3. The molecule has 126 valence electrons. The molecule has 0 atom stereocenters. The molecule has 0 radical (unpaired) electrons. The quantitative estimate of drug-likeness (QED) is 0.660. The van der Waals surface area contributed by atoms with Crippen molar-refractivity contribution in [3.05, 3.63) is 69.2 Å². The highest BCUT2D eigenvalue weighted by atomic mass is 35.5. The molecule has 2 N–H and O–H groups in total. The molecule has 0 bridgehead atoms. The first kappa shape index (κ1) is 16.1. The van der Waals surface area contributed by atoms with Gasteiger partial charge in [0.1, 0.15) is 0 Å². The minimum absolute atomic E-state index is 0.0473. The summed E-state index contributed by atoms with van der Waals surface area (Å²) in [6, 6.07) is 13.0. The molecule has 6 heteroatoms. The molecule has 0 spiro atoms. The third-order valence-corrected chi connectivity index (χ3v) is 4.84. The minimum Gasteiger partial charge on any atom is -0.494 e. The number of aromatic hydroxyl groups is 1. The van der Waals surface area contributed by atoms with Crippen molar-refractivity contribution < 1.29 is 9.84 Å². The van der Waals surface area contributed by atoms with E-state index in [2.05, 4.69) is 4.98 Å². The highest BCUT2D eigenvalue weighted by molar-refractivity contribution is 6.36. The molecule has 0 saturated carbocycles. The number of ether oxygens (including phenoxy) is 1. The maximum absolute atomic E-state index is 10.4. The summed E-state index contributed by atoms with van der Waals surface area (Å²) in [6.07, 6.45) is 0. The Labute approximate surface area is 154 Å². The zero-order valence-electron chi connectivity index (χ0n) is 13.3. The number of nitrogens with one attached hydrogen (secondary N) is 1. The van der Waals surface area contributed by atoms with Gasteiger partial charge >= 0.3 is 0 Å². The lowest BCUT2D eigenvalue weighted by Crippen LogP contribution is -2.05. The van der Waals surface area contributed by atoms with Crippen LogP contribution in [0.3, 0.4) is 0 Å². The van der Waals surface area contributed by atoms with E-state index in [-0.39, 0.29) is 5.88 Å². The first-order valence-corrected chi connectivity index (χ1v) is 8.43. The van der Waals surface area contributed by atoms with Crippen molar-refractivity contribution in [3.63, 3.8) is 0 Å². The smallest absolute Gasteiger partial charge is 0.199 e. The minimum atomic E-state index is 0.0473. The summed E-state index contributed by atoms with van der Waals surface area (Å²) < 4.78 is 5.36. The Morgan fingerprint density at radius 3 is 2.64 bits per heavy atom. The molecular weight excluding hydrogens is 359 g/mol. The number of halogens is 2. The van der Waals surface area contributed by atoms with Crippen molar-refractivity contribution in [2.24, 2.45) is 4.99 Å². The maximum Gasteiger partial charge on any atom is 0.199 e. The number of H-pyrrole nitrogens is 1. The lowest BCUT2D eigenvalue weighted by atomic mass is 9.93. The number of aromatic nitrogens is 1. The fourth-order valence-electron chi connectivity index (χ4n) is 3.17. The number of fused-ring (bicyclic) bond motifs is 3. The molecule has 25 heavy (non-hydrogen) atoms. The Bertz CT molecular complexity index is 1010. The van der Waals surface area contributed by atoms with Gasteiger partial charge in [-0.15, -0.1) is 0 Å². The number of hydrogen-bond acceptors (Lipinski definition) is 3. The average Bonchev–Trinajstić information content (AvgIpc) is 2.82. The molecule has 0 amide bonds. The van der Waals surface area contributed by atoms with E-state index in [0.29, 0.717) is 28.0 Å². The molecule has 2 aromatic carbocycles. The first-order chi connectivity index (χ1) is 12.1. The van der Waals surface area contributed by atoms with E-state index in [9.17, 15) is 5.11 Å². The normalized spacial score (nSPS) is 12.8. The molecule has 3 aromatic rings. The number of rotatable bonds is 2. The van der Waals surface area contributed by atoms with Crippen LogP contribution in [0.2, 0.25) is 10.0 Å². The largest absolute Gasteiger partial charge is 0.494 e. The number of methoxy groups -OCH3 is 1. The number of nitrogens with zero attached hydrogens (tertiary/aromatic N) is 1. The van der Waals surface area contributed by atoms with E-state index in [1.807, 2.05) is 36.4 Å². The molecule has 0 saturated heterocycles. The molecule has 0 aliphatic carbocycles. The van der Waals surface area contributed by atoms with Gasteiger partial charge in [0.2, 0.25) is 0 Å². The summed E-state index contributed by atoms with van der Waals surface area (Å²) in [5.74, 6) is 0.545. The number of hydrogen-bond donors (Lipinski definition) is 2. The van der Waals surface area contributed by atoms with Crippen molar-refractivity contribution in [2.45, 2.75) is 6.54 Å². The fourth-order valence-corrected chi connectivity index (χ4v) is 3.57. The van der Waals surface area contributed by atoms with Gasteiger partial charge in [-0.3, -0.25) is 9.98 Å². The Kier molecular flexibility index (Phi) is 3.94. The van der Waals surface area contributed by atoms with E-state index in [1.54, 1.807) is 13.2 Å². The van der Waals surface area contributed by atoms with Crippen molar-refractivity contribution >= 4 is 28.9 Å². The third-order valence-electron chi connectivity index (χ3n) is 4.28. The van der Waals surface area contributed by atoms with Gasteiger partial charge in [-0.1, -0.05) is 47.5 Å². The van der Waals surface area contributed by atoms with E-state index < -0.39 is 0 Å². The highest BCUT2D eigenvalue weighted by Crippen LogP contribution is 2.43. The van der Waals surface area contributed by atoms with Crippen molar-refractivity contribution in [3.8, 4) is 22.9 Å². The molecular formula is C19H14Cl2N2O2. The molecule has 1 aliphatic rings. The van der Waals surface area contributed by atoms with Crippen molar-refractivity contribution in [1.82, 2.24) is 4.98 Å². The molecule has 2 heterocycles. The summed E-state index contributed by atoms with van der Waals surface area (Å²) in [7, 11) is 1.55. The van der Waals surface area contributed by atoms with Crippen molar-refractivity contribution in [2.75, 3.05) is 7.11 Å². The maximum atomic E-state index is 10.4. The summed E-state index contributed by atoms with van der Waals surface area (Å²) in [5.41, 5.74) is 4.67. The van der Waals surface area contributed by atoms with Gasteiger partial charge in [-0.05, 0) is 23.8 Å². The van der Waals surface area contributed by atoms with Gasteiger partial charge < -0.3 is 9.84 Å². The zero-order chi connectivity index (χ0) is 17.6. The number of aliphatic imine (C=N–C) groups is 1. The lowest BCUT2D eigenvalue weighted by molar-refractivity contribution is 0.385. The van der Waals surface area contributed by atoms with Crippen molar-refractivity contribution in [1.29, 1.82) is 0 Å². The van der Waals surface area contributed by atoms with Crippen LogP contribution in [0.15, 0.2) is 47.5 Å². The van der Waals surface area contributed by atoms with Gasteiger partial charge in [0.25, 0.3) is 0 Å². The first-order valence-electron chi connectivity index (χ1n) is 7.67. The predicted molar refractivity (Wildman–Crippen MR) is 100 cm³/mol. The Balaban J connectivity index is 2.03. The molecule has 1 aromatic heterocycles. The topological polar surface area (TPSA) is 57.6 Å². The summed E-state index contributed by atoms with van der Waals surface area (Å²) in [5, 5.41) is 11.6. The Morgan fingerprint density at radius 1 is 1.08 bits per heavy atom. The zero-order valence-corrected chi connectivity index (χ0v) is 14.8. The van der Waals surface area contributed by atoms with Gasteiger partial charge in [0, 0.05) is 26.7 Å². The number of aromatic amines is 1. The van der Waals surface area contributed by atoms with Crippen LogP contribution < -0.4 is 4.74 Å². The highest BCUT2D eigenvalue weighted by Gasteiger charge is 2.27. The fraction of sp³-hybridized carbons (Fsp3) is 0.105. The van der Waals surface area contributed by atoms with E-state index in [4.69, 9.17) is 32.9 Å². The van der Waals surface area contributed by atoms with Crippen LogP contribution >= 0.6 is 23.2 Å². The van der Waals surface area contributed by atoms with E-state index in [1.165, 1.54) is 0 Å². The second-order valence-electron chi connectivity index (χ2n) is 5.69. The van der Waals surface area contributed by atoms with Crippen LogP contribution in [-0.4, -0.2) is 22.9 Å². The SMILES string of the molecule is COc1[nH]c(O)c2c1CN=C(c1ccccc1Cl)c1cc(Cl)ccc1-2. The summed E-state index contributed by atoms with van der Waals surface area (Å²) >= 11 is 12.6. The molecule has 0 unspecified atom stereocenters. The number of benzene rings is 2. The third kappa shape index (κ3) is 2.58. The molecule has 0 fully saturated rings. The van der Waals surface area contributed by atoms with Crippen LogP contribution in [-0.2, 0) is 6.54 Å². The van der Waals surface area contributed by atoms with E-state index >= 15 is 0 Å². The van der Waals surface area contributed by atoms with Crippen LogP contribution in [0.1, 0.15) is 16.7 Å². The van der Waals surface area contributed by atoms with Crippen LogP contribution in [0.25, 0.3) is 11.1 Å². The van der Waals surface area contributed by atoms with E-state index in [0.717, 1.165) is 28.0 Å². The van der Waals surface area contributed by atoms with Crippen LogP contribution in [0.4, 0.5) is 0 Å². The summed E-state index contributed by atoms with van der Waals surface area (Å²) in [6.45, 7) is 0.350. The summed E-state index contributed by atoms with van der Waals surface area (Å²) in [4.78, 5) is 7.62. The average molecular weight is 373 g/mol. The predicted octanol–water partition coefficient (Wildman–Crippen LogP) is 5.05. The molecule has 1 aliphatic heterocycles. The van der Waals surface area contributed by atoms with Gasteiger partial charge in [0.15, 0.2) is 11.8 Å². The second-order valence-corrected chi connectivity index (χ2v) is 6.54. The van der Waals surface area contributed by atoms with Crippen LogP contribution in [0.5, 0.6) is 11.8 Å². The monoisotopic (exact) mass is 372 g/mol. The van der Waals surface area contributed by atoms with Crippen LogP contribution in [0, 0.1) is 0 Å². The second kappa shape index (κ2) is 6.14. The molecule has 4 rings (SSSR count). The van der Waals surface area contributed by atoms with Gasteiger partial charge in [0.05, 0.1) is 24.9 Å². The van der Waals surface area contributed by atoms with Gasteiger partial charge in [-0.2, -0.15) is 0 Å². The molecule has 4 nitrogen and oxygen atoms in total. The Hall–Kier alpha value is -2.43. The van der Waals surface area contributed by atoms with Gasteiger partial charge in [-0.25, -0.2) is 0 Å².